The van der Waals surface area contributed by atoms with Gasteiger partial charge in [-0.1, -0.05) is 0 Å². The van der Waals surface area contributed by atoms with E-state index in [1.54, 1.807) is 0 Å². The van der Waals surface area contributed by atoms with Crippen molar-refractivity contribution >= 4 is 33.5 Å². The van der Waals surface area contributed by atoms with Crippen LogP contribution in [-0.4, -0.2) is 34.7 Å². The highest BCUT2D eigenvalue weighted by Gasteiger charge is 2.19. The number of hydrogen-bond acceptors (Lipinski definition) is 4. The van der Waals surface area contributed by atoms with Gasteiger partial charge in [-0.2, -0.15) is 0 Å². The molecular weight excluding hydrogens is 292 g/mol. The van der Waals surface area contributed by atoms with Crippen LogP contribution in [0.4, 0.5) is 5.69 Å². The predicted molar refractivity (Wildman–Crippen MR) is 64.5 cm³/mol. The van der Waals surface area contributed by atoms with Crippen LogP contribution >= 0.6 is 15.9 Å². The Morgan fingerprint density at radius 1 is 1.47 bits per heavy atom. The van der Waals surface area contributed by atoms with Crippen LogP contribution in [0.3, 0.4) is 0 Å². The molecule has 5 N–H and O–H groups in total. The number of anilines is 1. The van der Waals surface area contributed by atoms with Gasteiger partial charge in [0.2, 0.25) is 0 Å². The van der Waals surface area contributed by atoms with E-state index < -0.39 is 24.5 Å². The number of halogens is 1. The second-order valence-corrected chi connectivity index (χ2v) is 4.14. The number of benzene rings is 1. The summed E-state index contributed by atoms with van der Waals surface area (Å²) in [5, 5.41) is 19.6. The number of carbonyl (C=O) groups excluding carboxylic acids is 1. The fourth-order valence-electron chi connectivity index (χ4n) is 1.10. The number of hydrogen-bond donors (Lipinski definition) is 4. The van der Waals surface area contributed by atoms with E-state index in [0.717, 1.165) is 0 Å². The molecule has 0 aliphatic heterocycles. The molecular formula is C10H11BrN2O4. The van der Waals surface area contributed by atoms with E-state index in [0.29, 0.717) is 10.2 Å². The van der Waals surface area contributed by atoms with E-state index in [1.807, 2.05) is 0 Å². The topological polar surface area (TPSA) is 113 Å². The molecule has 1 atom stereocenters. The van der Waals surface area contributed by atoms with Gasteiger partial charge in [-0.15, -0.1) is 0 Å². The Kier molecular flexibility index (Phi) is 4.47. The highest BCUT2D eigenvalue weighted by atomic mass is 79.9. The molecule has 92 valence electrons. The molecule has 0 heterocycles. The summed E-state index contributed by atoms with van der Waals surface area (Å²) in [5.41, 5.74) is 6.28. The lowest BCUT2D eigenvalue weighted by atomic mass is 10.2. The van der Waals surface area contributed by atoms with Crippen molar-refractivity contribution in [2.75, 3.05) is 12.3 Å². The van der Waals surface area contributed by atoms with E-state index >= 15 is 0 Å². The van der Waals surface area contributed by atoms with Gasteiger partial charge in [0.25, 0.3) is 5.91 Å². The standard InChI is InChI=1S/C10H11BrN2O4/c11-6-3-5(1-2-7(6)12)9(15)13-8(4-14)10(16)17/h1-3,8,14H,4,12H2,(H,13,15)(H,16,17). The van der Waals surface area contributed by atoms with Crippen molar-refractivity contribution < 1.29 is 19.8 Å². The molecule has 1 rings (SSSR count). The highest BCUT2D eigenvalue weighted by molar-refractivity contribution is 9.10. The van der Waals surface area contributed by atoms with Crippen LogP contribution in [0, 0.1) is 0 Å². The van der Waals surface area contributed by atoms with Crippen LogP contribution in [0.25, 0.3) is 0 Å². The minimum Gasteiger partial charge on any atom is -0.480 e. The maximum atomic E-state index is 11.6. The number of carboxylic acid groups (broad SMARTS) is 1. The molecule has 0 saturated heterocycles. The van der Waals surface area contributed by atoms with E-state index in [1.165, 1.54) is 18.2 Å². The molecule has 1 aromatic carbocycles. The van der Waals surface area contributed by atoms with E-state index in [9.17, 15) is 9.59 Å². The Morgan fingerprint density at radius 2 is 2.12 bits per heavy atom. The van der Waals surface area contributed by atoms with Crippen LogP contribution in [0.1, 0.15) is 10.4 Å². The van der Waals surface area contributed by atoms with Gasteiger partial charge in [-0.25, -0.2) is 4.79 Å². The Bertz CT molecular complexity index is 450. The molecule has 1 unspecified atom stereocenters. The molecule has 0 aliphatic rings. The number of nitrogens with two attached hydrogens (primary N) is 1. The van der Waals surface area contributed by atoms with E-state index in [4.69, 9.17) is 15.9 Å². The van der Waals surface area contributed by atoms with Gasteiger partial charge in [0, 0.05) is 15.7 Å². The minimum absolute atomic E-state index is 0.255. The van der Waals surface area contributed by atoms with Crippen LogP contribution in [-0.2, 0) is 4.79 Å². The number of aliphatic hydroxyl groups excluding tert-OH is 1. The van der Waals surface area contributed by atoms with Crippen molar-refractivity contribution in [1.82, 2.24) is 5.32 Å². The predicted octanol–water partition coefficient (Wildman–Crippen LogP) is 0.207. The zero-order valence-corrected chi connectivity index (χ0v) is 10.3. The molecule has 1 aromatic rings. The number of carbonyl (C=O) groups is 2. The normalized spacial score (nSPS) is 11.9. The van der Waals surface area contributed by atoms with Gasteiger partial charge in [0.05, 0.1) is 6.61 Å². The molecule has 0 saturated carbocycles. The number of nitrogens with one attached hydrogen (secondary N) is 1. The summed E-state index contributed by atoms with van der Waals surface area (Å²) in [4.78, 5) is 22.2. The number of aliphatic carboxylic acids is 1. The van der Waals surface area contributed by atoms with Gasteiger partial charge < -0.3 is 21.3 Å². The fraction of sp³-hybridized carbons (Fsp3) is 0.200. The molecule has 0 aliphatic carbocycles. The lowest BCUT2D eigenvalue weighted by Gasteiger charge is -2.11. The van der Waals surface area contributed by atoms with Gasteiger partial charge in [-0.05, 0) is 34.1 Å². The molecule has 17 heavy (non-hydrogen) atoms. The second kappa shape index (κ2) is 5.65. The summed E-state index contributed by atoms with van der Waals surface area (Å²) in [5.74, 6) is -1.89. The van der Waals surface area contributed by atoms with E-state index in [-0.39, 0.29) is 5.56 Å². The maximum Gasteiger partial charge on any atom is 0.328 e. The molecule has 7 heteroatoms. The van der Waals surface area contributed by atoms with Crippen molar-refractivity contribution in [2.24, 2.45) is 0 Å². The number of amides is 1. The third-order valence-electron chi connectivity index (χ3n) is 2.05. The smallest absolute Gasteiger partial charge is 0.328 e. The summed E-state index contributed by atoms with van der Waals surface area (Å²) in [6.45, 7) is -0.669. The monoisotopic (exact) mass is 302 g/mol. The molecule has 1 amide bonds. The zero-order valence-electron chi connectivity index (χ0n) is 8.68. The average Bonchev–Trinajstić information content (AvgIpc) is 2.28. The first-order valence-electron chi connectivity index (χ1n) is 4.65. The molecule has 0 radical (unpaired) electrons. The lowest BCUT2D eigenvalue weighted by molar-refractivity contribution is -0.140. The number of rotatable bonds is 4. The van der Waals surface area contributed by atoms with Crippen LogP contribution < -0.4 is 11.1 Å². The van der Waals surface area contributed by atoms with Crippen LogP contribution in [0.5, 0.6) is 0 Å². The van der Waals surface area contributed by atoms with Gasteiger partial charge in [0.1, 0.15) is 0 Å². The number of aliphatic hydroxyl groups is 1. The average molecular weight is 303 g/mol. The van der Waals surface area contributed by atoms with Gasteiger partial charge in [0.15, 0.2) is 6.04 Å². The van der Waals surface area contributed by atoms with Crippen molar-refractivity contribution in [2.45, 2.75) is 6.04 Å². The maximum absolute atomic E-state index is 11.6. The van der Waals surface area contributed by atoms with Crippen molar-refractivity contribution in [1.29, 1.82) is 0 Å². The van der Waals surface area contributed by atoms with Crippen LogP contribution in [0.2, 0.25) is 0 Å². The Labute approximate surface area is 106 Å². The number of carboxylic acids is 1. The largest absolute Gasteiger partial charge is 0.480 e. The molecule has 0 spiro atoms. The second-order valence-electron chi connectivity index (χ2n) is 3.28. The van der Waals surface area contributed by atoms with Gasteiger partial charge in [-0.3, -0.25) is 4.79 Å². The minimum atomic E-state index is -1.32. The molecule has 0 fully saturated rings. The summed E-state index contributed by atoms with van der Waals surface area (Å²) >= 11 is 3.16. The fourth-order valence-corrected chi connectivity index (χ4v) is 1.47. The number of nitrogen functional groups attached to an aromatic ring is 1. The lowest BCUT2D eigenvalue weighted by Crippen LogP contribution is -2.43. The highest BCUT2D eigenvalue weighted by Crippen LogP contribution is 2.20. The SMILES string of the molecule is Nc1ccc(C(=O)NC(CO)C(=O)O)cc1Br. The van der Waals surface area contributed by atoms with Crippen molar-refractivity contribution in [3.63, 3.8) is 0 Å². The van der Waals surface area contributed by atoms with Crippen LogP contribution in [0.15, 0.2) is 22.7 Å². The first kappa shape index (κ1) is 13.5. The quantitative estimate of drug-likeness (QED) is 0.594. The van der Waals surface area contributed by atoms with Crippen molar-refractivity contribution in [3.8, 4) is 0 Å². The third-order valence-corrected chi connectivity index (χ3v) is 2.74. The first-order valence-corrected chi connectivity index (χ1v) is 5.44. The molecule has 6 nitrogen and oxygen atoms in total. The molecule has 0 bridgehead atoms. The van der Waals surface area contributed by atoms with Crippen molar-refractivity contribution in [3.05, 3.63) is 28.2 Å². The summed E-state index contributed by atoms with van der Waals surface area (Å²) < 4.78 is 0.543. The Morgan fingerprint density at radius 3 is 2.59 bits per heavy atom. The zero-order chi connectivity index (χ0) is 13.0. The summed E-state index contributed by atoms with van der Waals surface area (Å²) in [6, 6.07) is 3.14. The molecule has 0 aromatic heterocycles. The summed E-state index contributed by atoms with van der Waals surface area (Å²) in [7, 11) is 0. The van der Waals surface area contributed by atoms with E-state index in [2.05, 4.69) is 21.2 Å². The third kappa shape index (κ3) is 3.43. The summed E-state index contributed by atoms with van der Waals surface area (Å²) in [6.07, 6.45) is 0. The Hall–Kier alpha value is -1.60. The first-order chi connectivity index (χ1) is 7.95. The van der Waals surface area contributed by atoms with Gasteiger partial charge >= 0.3 is 5.97 Å². The Balaban J connectivity index is 2.82.